The third kappa shape index (κ3) is 4.72. The number of nitrogens with zero attached hydrogens (tertiary/aromatic N) is 2. The van der Waals surface area contributed by atoms with Gasteiger partial charge in [-0.05, 0) is 62.7 Å². The molecule has 3 heterocycles. The van der Waals surface area contributed by atoms with Crippen molar-refractivity contribution in [2.75, 3.05) is 39.3 Å². The Morgan fingerprint density at radius 3 is 2.07 bits per heavy atom. The summed E-state index contributed by atoms with van der Waals surface area (Å²) < 4.78 is 26.9. The molecule has 2 amide bonds. The molecule has 5 nitrogen and oxygen atoms in total. The van der Waals surface area contributed by atoms with Crippen LogP contribution in [0.3, 0.4) is 0 Å². The Kier molecular flexibility index (Phi) is 7.11. The Morgan fingerprint density at radius 2 is 1.48 bits per heavy atom. The monoisotopic (exact) mass is 427 g/mol. The lowest BCUT2D eigenvalue weighted by atomic mass is 9.92. The van der Waals surface area contributed by atoms with Crippen LogP contribution in [0.1, 0.15) is 36.0 Å². The summed E-state index contributed by atoms with van der Waals surface area (Å²) in [6.07, 6.45) is 3.31. The number of carbonyl (C=O) groups excluding carboxylic acids is 2. The zero-order valence-electron chi connectivity index (χ0n) is 16.4. The number of fused-ring (bicyclic) bond motifs is 1. The van der Waals surface area contributed by atoms with E-state index in [9.17, 15) is 18.4 Å². The number of amides is 2. The predicted molar refractivity (Wildman–Crippen MR) is 108 cm³/mol. The second-order valence-electron chi connectivity index (χ2n) is 8.27. The average molecular weight is 428 g/mol. The summed E-state index contributed by atoms with van der Waals surface area (Å²) in [5.74, 6) is -0.473. The predicted octanol–water partition coefficient (Wildman–Crippen LogP) is 2.70. The van der Waals surface area contributed by atoms with Gasteiger partial charge in [-0.3, -0.25) is 9.59 Å². The highest BCUT2D eigenvalue weighted by Crippen LogP contribution is 2.29. The van der Waals surface area contributed by atoms with Gasteiger partial charge in [0.2, 0.25) is 5.91 Å². The van der Waals surface area contributed by atoms with E-state index < -0.39 is 17.5 Å². The van der Waals surface area contributed by atoms with Gasteiger partial charge in [0.25, 0.3) is 5.91 Å². The van der Waals surface area contributed by atoms with Gasteiger partial charge in [-0.15, -0.1) is 12.4 Å². The number of nitrogens with one attached hydrogen (secondary N) is 1. The number of halogens is 3. The van der Waals surface area contributed by atoms with Gasteiger partial charge in [-0.2, -0.15) is 0 Å². The van der Waals surface area contributed by atoms with Crippen molar-refractivity contribution in [1.29, 1.82) is 0 Å². The minimum absolute atomic E-state index is 0. The molecular weight excluding hydrogens is 400 g/mol. The fraction of sp³-hybridized carbons (Fsp3) is 0.619. The summed E-state index contributed by atoms with van der Waals surface area (Å²) in [5.41, 5.74) is -0.112. The zero-order valence-corrected chi connectivity index (χ0v) is 17.2. The minimum Gasteiger partial charge on any atom is -0.342 e. The molecule has 29 heavy (non-hydrogen) atoms. The van der Waals surface area contributed by atoms with E-state index in [1.165, 1.54) is 6.07 Å². The molecule has 0 spiro atoms. The van der Waals surface area contributed by atoms with Crippen molar-refractivity contribution in [1.82, 2.24) is 15.1 Å². The molecular formula is C21H28ClF2N3O2. The van der Waals surface area contributed by atoms with Gasteiger partial charge >= 0.3 is 0 Å². The molecule has 8 heteroatoms. The molecule has 4 rings (SSSR count). The number of piperidine rings is 1. The molecule has 2 atom stereocenters. The molecule has 0 saturated carbocycles. The molecule has 1 N–H and O–H groups in total. The normalized spacial score (nSPS) is 25.2. The van der Waals surface area contributed by atoms with Crippen molar-refractivity contribution in [2.24, 2.45) is 17.8 Å². The van der Waals surface area contributed by atoms with Crippen molar-refractivity contribution >= 4 is 24.2 Å². The quantitative estimate of drug-likeness (QED) is 0.789. The second kappa shape index (κ2) is 9.39. The standard InChI is InChI=1S/C21H27F2N3O2.ClH/c22-17-1-2-18(19(23)11-17)21(28)26-7-3-14(4-8-26)20(27)25-9-5-15-12-24-13-16(15)6-10-25;/h1-2,11,14-16,24H,3-10,12-13H2;1H/t15-,16+;. The van der Waals surface area contributed by atoms with Crippen molar-refractivity contribution < 1.29 is 18.4 Å². The number of rotatable bonds is 2. The maximum atomic E-state index is 13.9. The van der Waals surface area contributed by atoms with E-state index >= 15 is 0 Å². The molecule has 3 aliphatic heterocycles. The van der Waals surface area contributed by atoms with Crippen LogP contribution in [0.2, 0.25) is 0 Å². The third-order valence-electron chi connectivity index (χ3n) is 6.62. The largest absolute Gasteiger partial charge is 0.342 e. The first-order valence-corrected chi connectivity index (χ1v) is 10.3. The van der Waals surface area contributed by atoms with Gasteiger partial charge in [0.15, 0.2) is 0 Å². The molecule has 3 fully saturated rings. The maximum absolute atomic E-state index is 13.9. The lowest BCUT2D eigenvalue weighted by Gasteiger charge is -2.34. The Hall–Kier alpha value is -1.73. The first kappa shape index (κ1) is 22.0. The van der Waals surface area contributed by atoms with Crippen molar-refractivity contribution in [2.45, 2.75) is 25.7 Å². The maximum Gasteiger partial charge on any atom is 0.256 e. The van der Waals surface area contributed by atoms with Crippen LogP contribution in [0.25, 0.3) is 0 Å². The first-order chi connectivity index (χ1) is 13.5. The van der Waals surface area contributed by atoms with E-state index in [1.807, 2.05) is 4.90 Å². The average Bonchev–Trinajstić information content (AvgIpc) is 3.05. The molecule has 3 aliphatic rings. The number of benzene rings is 1. The number of hydrogen-bond donors (Lipinski definition) is 1. The van der Waals surface area contributed by atoms with Crippen LogP contribution in [0.5, 0.6) is 0 Å². The smallest absolute Gasteiger partial charge is 0.256 e. The molecule has 3 saturated heterocycles. The lowest BCUT2D eigenvalue weighted by Crippen LogP contribution is -2.45. The molecule has 0 unspecified atom stereocenters. The Morgan fingerprint density at radius 1 is 0.897 bits per heavy atom. The summed E-state index contributed by atoms with van der Waals surface area (Å²) in [6, 6.07) is 3.01. The summed E-state index contributed by atoms with van der Waals surface area (Å²) in [5, 5.41) is 3.45. The highest BCUT2D eigenvalue weighted by molar-refractivity contribution is 5.94. The van der Waals surface area contributed by atoms with Gasteiger partial charge < -0.3 is 15.1 Å². The third-order valence-corrected chi connectivity index (χ3v) is 6.62. The van der Waals surface area contributed by atoms with E-state index in [4.69, 9.17) is 0 Å². The van der Waals surface area contributed by atoms with Crippen LogP contribution in [-0.2, 0) is 4.79 Å². The zero-order chi connectivity index (χ0) is 19.7. The van der Waals surface area contributed by atoms with Gasteiger partial charge in [0.05, 0.1) is 5.56 Å². The molecule has 0 aromatic heterocycles. The molecule has 1 aromatic carbocycles. The molecule has 0 aliphatic carbocycles. The Bertz CT molecular complexity index is 741. The van der Waals surface area contributed by atoms with Gasteiger partial charge in [-0.25, -0.2) is 8.78 Å². The van der Waals surface area contributed by atoms with Crippen LogP contribution in [0, 0.1) is 29.4 Å². The summed E-state index contributed by atoms with van der Waals surface area (Å²) in [7, 11) is 0. The summed E-state index contributed by atoms with van der Waals surface area (Å²) in [4.78, 5) is 29.1. The van der Waals surface area contributed by atoms with E-state index in [2.05, 4.69) is 5.32 Å². The van der Waals surface area contributed by atoms with Gasteiger partial charge in [0, 0.05) is 38.2 Å². The number of likely N-dealkylation sites (tertiary alicyclic amines) is 2. The number of hydrogen-bond acceptors (Lipinski definition) is 3. The van der Waals surface area contributed by atoms with Crippen LogP contribution in [0.15, 0.2) is 18.2 Å². The van der Waals surface area contributed by atoms with Crippen LogP contribution >= 0.6 is 12.4 Å². The van der Waals surface area contributed by atoms with Crippen molar-refractivity contribution in [3.8, 4) is 0 Å². The Balaban J connectivity index is 0.00000240. The molecule has 0 radical (unpaired) electrons. The number of carbonyl (C=O) groups is 2. The lowest BCUT2D eigenvalue weighted by molar-refractivity contribution is -0.136. The van der Waals surface area contributed by atoms with Gasteiger partial charge in [-0.1, -0.05) is 0 Å². The van der Waals surface area contributed by atoms with E-state index in [0.29, 0.717) is 37.8 Å². The van der Waals surface area contributed by atoms with Crippen molar-refractivity contribution in [3.63, 3.8) is 0 Å². The van der Waals surface area contributed by atoms with Crippen LogP contribution in [0.4, 0.5) is 8.78 Å². The molecule has 0 bridgehead atoms. The van der Waals surface area contributed by atoms with E-state index in [0.717, 1.165) is 51.2 Å². The summed E-state index contributed by atoms with van der Waals surface area (Å²) in [6.45, 7) is 4.62. The summed E-state index contributed by atoms with van der Waals surface area (Å²) >= 11 is 0. The van der Waals surface area contributed by atoms with Crippen molar-refractivity contribution in [3.05, 3.63) is 35.4 Å². The minimum atomic E-state index is -0.840. The fourth-order valence-corrected chi connectivity index (χ4v) is 4.86. The Labute approximate surface area is 176 Å². The fourth-order valence-electron chi connectivity index (χ4n) is 4.86. The van der Waals surface area contributed by atoms with E-state index in [-0.39, 0.29) is 29.8 Å². The first-order valence-electron chi connectivity index (χ1n) is 10.3. The highest BCUT2D eigenvalue weighted by atomic mass is 35.5. The topological polar surface area (TPSA) is 52.7 Å². The van der Waals surface area contributed by atoms with Crippen LogP contribution in [-0.4, -0.2) is 60.9 Å². The van der Waals surface area contributed by atoms with Crippen LogP contribution < -0.4 is 5.32 Å². The highest BCUT2D eigenvalue weighted by Gasteiger charge is 2.35. The molecule has 1 aromatic rings. The van der Waals surface area contributed by atoms with E-state index in [1.54, 1.807) is 4.90 Å². The SMILES string of the molecule is Cl.O=C(c1ccc(F)cc1F)N1CCC(C(=O)N2CC[C@@H]3CNC[C@@H]3CC2)CC1. The molecule has 160 valence electrons. The second-order valence-corrected chi connectivity index (χ2v) is 8.27. The van der Waals surface area contributed by atoms with Gasteiger partial charge in [0.1, 0.15) is 11.6 Å².